The maximum atomic E-state index is 13.0. The minimum absolute atomic E-state index is 0.108. The molecule has 156 valence electrons. The Hall–Kier alpha value is -3.15. The van der Waals surface area contributed by atoms with Gasteiger partial charge in [0, 0.05) is 41.6 Å². The summed E-state index contributed by atoms with van der Waals surface area (Å²) in [6, 6.07) is 13.5. The summed E-state index contributed by atoms with van der Waals surface area (Å²) in [5.41, 5.74) is 4.53. The second kappa shape index (κ2) is 8.17. The van der Waals surface area contributed by atoms with Crippen LogP contribution < -0.4 is 9.47 Å². The number of carbonyl (C=O) groups is 1. The molecule has 2 aliphatic rings. The zero-order valence-corrected chi connectivity index (χ0v) is 17.9. The van der Waals surface area contributed by atoms with Crippen molar-refractivity contribution < 1.29 is 14.3 Å². The van der Waals surface area contributed by atoms with E-state index in [-0.39, 0.29) is 5.78 Å². The highest BCUT2D eigenvalue weighted by Gasteiger charge is 2.33. The van der Waals surface area contributed by atoms with Gasteiger partial charge in [-0.3, -0.25) is 14.7 Å². The van der Waals surface area contributed by atoms with Crippen molar-refractivity contribution in [1.82, 2.24) is 9.88 Å². The van der Waals surface area contributed by atoms with Crippen molar-refractivity contribution in [3.63, 3.8) is 0 Å². The molecule has 1 aromatic heterocycles. The van der Waals surface area contributed by atoms with Crippen LogP contribution in [-0.2, 0) is 13.0 Å². The summed E-state index contributed by atoms with van der Waals surface area (Å²) >= 11 is 5.97. The summed E-state index contributed by atoms with van der Waals surface area (Å²) in [5.74, 6) is 1.61. The van der Waals surface area contributed by atoms with E-state index in [1.807, 2.05) is 49.4 Å². The predicted octanol–water partition coefficient (Wildman–Crippen LogP) is 5.05. The molecule has 3 heterocycles. The first kappa shape index (κ1) is 19.8. The van der Waals surface area contributed by atoms with Gasteiger partial charge in [0.25, 0.3) is 0 Å². The Morgan fingerprint density at radius 1 is 1.19 bits per heavy atom. The number of halogens is 1. The zero-order valence-electron chi connectivity index (χ0n) is 17.1. The minimum atomic E-state index is -0.108. The third-order valence-corrected chi connectivity index (χ3v) is 5.87. The number of aromatic nitrogens is 1. The van der Waals surface area contributed by atoms with E-state index in [2.05, 4.69) is 9.88 Å². The number of fused-ring (bicyclic) bond motifs is 2. The number of ether oxygens (including phenoxy) is 2. The van der Waals surface area contributed by atoms with Gasteiger partial charge in [0.15, 0.2) is 5.76 Å². The number of nitrogens with zero attached hydrogens (tertiary/aromatic N) is 2. The van der Waals surface area contributed by atoms with Crippen molar-refractivity contribution in [2.24, 2.45) is 0 Å². The molecule has 0 fully saturated rings. The van der Waals surface area contributed by atoms with Crippen LogP contribution in [0, 0.1) is 6.92 Å². The lowest BCUT2D eigenvalue weighted by molar-refractivity contribution is 0.0954. The third kappa shape index (κ3) is 3.94. The van der Waals surface area contributed by atoms with Crippen LogP contribution >= 0.6 is 11.6 Å². The van der Waals surface area contributed by atoms with Crippen molar-refractivity contribution in [2.45, 2.75) is 19.9 Å². The number of hydrogen-bond donors (Lipinski definition) is 0. The van der Waals surface area contributed by atoms with Crippen molar-refractivity contribution in [3.8, 4) is 11.5 Å². The van der Waals surface area contributed by atoms with E-state index in [4.69, 9.17) is 21.1 Å². The molecule has 5 rings (SSSR count). The van der Waals surface area contributed by atoms with Crippen molar-refractivity contribution >= 4 is 23.5 Å². The van der Waals surface area contributed by atoms with Gasteiger partial charge in [0.2, 0.25) is 5.78 Å². The van der Waals surface area contributed by atoms with E-state index in [0.29, 0.717) is 23.8 Å². The van der Waals surface area contributed by atoms with E-state index in [0.717, 1.165) is 47.0 Å². The lowest BCUT2D eigenvalue weighted by Gasteiger charge is -2.30. The minimum Gasteiger partial charge on any atom is -0.477 e. The van der Waals surface area contributed by atoms with Gasteiger partial charge in [-0.25, -0.2) is 0 Å². The fourth-order valence-electron chi connectivity index (χ4n) is 3.99. The van der Waals surface area contributed by atoms with Gasteiger partial charge < -0.3 is 9.47 Å². The second-order valence-electron chi connectivity index (χ2n) is 7.80. The van der Waals surface area contributed by atoms with Gasteiger partial charge >= 0.3 is 0 Å². The zero-order chi connectivity index (χ0) is 21.4. The Bertz CT molecular complexity index is 1170. The van der Waals surface area contributed by atoms with Crippen LogP contribution in [-0.4, -0.2) is 28.9 Å². The topological polar surface area (TPSA) is 51.7 Å². The van der Waals surface area contributed by atoms with Gasteiger partial charge in [-0.15, -0.1) is 0 Å². The quantitative estimate of drug-likeness (QED) is 0.540. The first-order chi connectivity index (χ1) is 15.1. The molecule has 0 aliphatic carbocycles. The van der Waals surface area contributed by atoms with Gasteiger partial charge in [-0.05, 0) is 54.8 Å². The molecule has 2 aliphatic heterocycles. The molecule has 5 nitrogen and oxygen atoms in total. The molecule has 0 unspecified atom stereocenters. The Morgan fingerprint density at radius 3 is 2.81 bits per heavy atom. The number of carbonyl (C=O) groups excluding carboxylic acids is 1. The Morgan fingerprint density at radius 2 is 2.03 bits per heavy atom. The van der Waals surface area contributed by atoms with Gasteiger partial charge in [-0.1, -0.05) is 29.8 Å². The number of hydrogen-bond acceptors (Lipinski definition) is 5. The van der Waals surface area contributed by atoms with E-state index in [1.165, 1.54) is 5.56 Å². The average Bonchev–Trinajstić information content (AvgIpc) is 3.10. The third-order valence-electron chi connectivity index (χ3n) is 5.61. The summed E-state index contributed by atoms with van der Waals surface area (Å²) in [6.45, 7) is 4.04. The molecule has 0 saturated heterocycles. The highest BCUT2D eigenvalue weighted by molar-refractivity contribution is 6.30. The molecular formula is C25H21ClN2O3. The summed E-state index contributed by atoms with van der Waals surface area (Å²) in [5, 5.41) is 0.743. The van der Waals surface area contributed by atoms with Crippen LogP contribution in [0.1, 0.15) is 32.6 Å². The van der Waals surface area contributed by atoms with E-state index < -0.39 is 0 Å². The van der Waals surface area contributed by atoms with Crippen molar-refractivity contribution in [3.05, 3.63) is 93.5 Å². The molecule has 0 N–H and O–H groups in total. The highest BCUT2D eigenvalue weighted by atomic mass is 35.5. The Balaban J connectivity index is 1.35. The molecule has 31 heavy (non-hydrogen) atoms. The number of allylic oxidation sites excluding steroid dienone is 1. The summed E-state index contributed by atoms with van der Waals surface area (Å²) < 4.78 is 12.0. The summed E-state index contributed by atoms with van der Waals surface area (Å²) in [7, 11) is 0. The predicted molar refractivity (Wildman–Crippen MR) is 119 cm³/mol. The fraction of sp³-hybridized carbons (Fsp3) is 0.200. The standard InChI is InChI=1S/C25H21ClN2O3/c1-16-24-19(14-28(15-30-24)10-8-17-4-6-20(26)7-5-17)12-21-23(29)22(31-25(16)21)11-18-3-2-9-27-13-18/h2-7,9,11-13H,8,10,14-15H2,1H3/b22-11-. The van der Waals surface area contributed by atoms with Crippen molar-refractivity contribution in [1.29, 1.82) is 0 Å². The van der Waals surface area contributed by atoms with Gasteiger partial charge in [-0.2, -0.15) is 0 Å². The second-order valence-corrected chi connectivity index (χ2v) is 8.23. The molecule has 2 aromatic carbocycles. The molecule has 0 bridgehead atoms. The molecule has 0 spiro atoms. The number of benzene rings is 2. The van der Waals surface area contributed by atoms with Crippen LogP contribution in [0.25, 0.3) is 6.08 Å². The summed E-state index contributed by atoms with van der Waals surface area (Å²) in [4.78, 5) is 19.3. The van der Waals surface area contributed by atoms with E-state index in [9.17, 15) is 4.79 Å². The fourth-order valence-corrected chi connectivity index (χ4v) is 4.12. The smallest absolute Gasteiger partial charge is 0.231 e. The number of rotatable bonds is 4. The normalized spacial score (nSPS) is 16.6. The maximum Gasteiger partial charge on any atom is 0.231 e. The highest BCUT2D eigenvalue weighted by Crippen LogP contribution is 2.43. The number of ketones is 1. The molecule has 0 radical (unpaired) electrons. The molecule has 0 amide bonds. The van der Waals surface area contributed by atoms with Gasteiger partial charge in [0.05, 0.1) is 5.56 Å². The van der Waals surface area contributed by atoms with Crippen LogP contribution in [0.5, 0.6) is 11.5 Å². The Kier molecular flexibility index (Phi) is 5.22. The van der Waals surface area contributed by atoms with Crippen LogP contribution in [0.4, 0.5) is 0 Å². The number of Topliss-reactive ketones (excluding diaryl/α,β-unsaturated/α-hetero) is 1. The van der Waals surface area contributed by atoms with E-state index >= 15 is 0 Å². The molecule has 0 atom stereocenters. The SMILES string of the molecule is Cc1c2c(cc3c1O/C(=C\c1cccnc1)C3=O)CN(CCc1ccc(Cl)cc1)CO2. The first-order valence-corrected chi connectivity index (χ1v) is 10.6. The monoisotopic (exact) mass is 432 g/mol. The van der Waals surface area contributed by atoms with Gasteiger partial charge in [0.1, 0.15) is 18.2 Å². The molecular weight excluding hydrogens is 412 g/mol. The Labute approximate surface area is 185 Å². The van der Waals surface area contributed by atoms with E-state index in [1.54, 1.807) is 18.5 Å². The average molecular weight is 433 g/mol. The summed E-state index contributed by atoms with van der Waals surface area (Å²) in [6.07, 6.45) is 6.03. The van der Waals surface area contributed by atoms with Crippen LogP contribution in [0.3, 0.4) is 0 Å². The first-order valence-electron chi connectivity index (χ1n) is 10.2. The molecule has 3 aromatic rings. The number of pyridine rings is 1. The molecule has 0 saturated carbocycles. The van der Waals surface area contributed by atoms with Crippen molar-refractivity contribution in [2.75, 3.05) is 13.3 Å². The van der Waals surface area contributed by atoms with Crippen LogP contribution in [0.2, 0.25) is 5.02 Å². The lowest BCUT2D eigenvalue weighted by atomic mass is 10.00. The molecule has 6 heteroatoms. The maximum absolute atomic E-state index is 13.0. The largest absolute Gasteiger partial charge is 0.477 e. The van der Waals surface area contributed by atoms with Crippen LogP contribution in [0.15, 0.2) is 60.6 Å². The lowest BCUT2D eigenvalue weighted by Crippen LogP contribution is -2.34.